The lowest BCUT2D eigenvalue weighted by atomic mass is 10.0. The summed E-state index contributed by atoms with van der Waals surface area (Å²) in [7, 11) is 0. The molecule has 5 rings (SSSR count). The third kappa shape index (κ3) is 5.75. The number of halogens is 1. The highest BCUT2D eigenvalue weighted by molar-refractivity contribution is 5.76. The van der Waals surface area contributed by atoms with Gasteiger partial charge in [-0.3, -0.25) is 4.79 Å². The first kappa shape index (κ1) is 24.4. The Morgan fingerprint density at radius 3 is 2.44 bits per heavy atom. The number of anilines is 1. The number of piperazine rings is 1. The molecule has 1 aliphatic heterocycles. The van der Waals surface area contributed by atoms with Crippen molar-refractivity contribution < 1.29 is 9.18 Å². The highest BCUT2D eigenvalue weighted by Gasteiger charge is 2.26. The van der Waals surface area contributed by atoms with Gasteiger partial charge in [-0.15, -0.1) is 0 Å². The van der Waals surface area contributed by atoms with Gasteiger partial charge in [0.1, 0.15) is 11.6 Å². The molecule has 188 valence electrons. The van der Waals surface area contributed by atoms with Crippen molar-refractivity contribution in [2.45, 2.75) is 51.9 Å². The SMILES string of the molecule is Cc1nc(-c2cccc(F)c2)nc(N2CCN(C(=O)CCC3CCCC3)CC2)c1Cc1ccccc1. The molecular formula is C30H35FN4O. The minimum Gasteiger partial charge on any atom is -0.353 e. The van der Waals surface area contributed by atoms with Crippen molar-refractivity contribution in [1.29, 1.82) is 0 Å². The van der Waals surface area contributed by atoms with Gasteiger partial charge in [-0.05, 0) is 37.0 Å². The molecule has 36 heavy (non-hydrogen) atoms. The van der Waals surface area contributed by atoms with E-state index in [0.29, 0.717) is 30.9 Å². The highest BCUT2D eigenvalue weighted by Crippen LogP contribution is 2.30. The Labute approximate surface area is 213 Å². The molecule has 0 radical (unpaired) electrons. The van der Waals surface area contributed by atoms with E-state index in [1.165, 1.54) is 43.4 Å². The number of aryl methyl sites for hydroxylation is 1. The van der Waals surface area contributed by atoms with E-state index in [9.17, 15) is 9.18 Å². The molecule has 2 fully saturated rings. The third-order valence-electron chi connectivity index (χ3n) is 7.67. The maximum atomic E-state index is 14.0. The number of aromatic nitrogens is 2. The van der Waals surface area contributed by atoms with Crippen molar-refractivity contribution in [2.24, 2.45) is 5.92 Å². The molecule has 1 amide bonds. The molecule has 1 saturated heterocycles. The Hall–Kier alpha value is -3.28. The number of carbonyl (C=O) groups is 1. The second-order valence-corrected chi connectivity index (χ2v) is 10.2. The lowest BCUT2D eigenvalue weighted by molar-refractivity contribution is -0.131. The first-order chi connectivity index (χ1) is 17.6. The summed E-state index contributed by atoms with van der Waals surface area (Å²) in [5.74, 6) is 2.15. The Kier molecular flexibility index (Phi) is 7.59. The van der Waals surface area contributed by atoms with Crippen molar-refractivity contribution >= 4 is 11.7 Å². The molecule has 1 saturated carbocycles. The van der Waals surface area contributed by atoms with Crippen LogP contribution in [0.1, 0.15) is 55.3 Å². The van der Waals surface area contributed by atoms with Crippen LogP contribution in [0.5, 0.6) is 0 Å². The van der Waals surface area contributed by atoms with Crippen LogP contribution in [0, 0.1) is 18.7 Å². The molecule has 1 aromatic heterocycles. The molecule has 6 heteroatoms. The maximum Gasteiger partial charge on any atom is 0.222 e. The molecule has 2 aromatic carbocycles. The van der Waals surface area contributed by atoms with Gasteiger partial charge in [-0.2, -0.15) is 0 Å². The fraction of sp³-hybridized carbons (Fsp3) is 0.433. The predicted octanol–water partition coefficient (Wildman–Crippen LogP) is 5.80. The number of hydrogen-bond donors (Lipinski definition) is 0. The smallest absolute Gasteiger partial charge is 0.222 e. The van der Waals surface area contributed by atoms with E-state index in [1.54, 1.807) is 6.07 Å². The van der Waals surface area contributed by atoms with Crippen molar-refractivity contribution in [3.63, 3.8) is 0 Å². The molecule has 2 aliphatic rings. The number of hydrogen-bond acceptors (Lipinski definition) is 4. The van der Waals surface area contributed by atoms with Crippen LogP contribution in [0.15, 0.2) is 54.6 Å². The fourth-order valence-corrected chi connectivity index (χ4v) is 5.56. The average molecular weight is 487 g/mol. The van der Waals surface area contributed by atoms with Gasteiger partial charge in [-0.25, -0.2) is 14.4 Å². The Bertz CT molecular complexity index is 1180. The monoisotopic (exact) mass is 486 g/mol. The first-order valence-electron chi connectivity index (χ1n) is 13.3. The van der Waals surface area contributed by atoms with Crippen LogP contribution in [-0.4, -0.2) is 47.0 Å². The zero-order valence-corrected chi connectivity index (χ0v) is 21.1. The normalized spacial score (nSPS) is 16.5. The summed E-state index contributed by atoms with van der Waals surface area (Å²) in [6.07, 6.45) is 7.63. The third-order valence-corrected chi connectivity index (χ3v) is 7.67. The van der Waals surface area contributed by atoms with E-state index in [1.807, 2.05) is 36.1 Å². The number of carbonyl (C=O) groups excluding carboxylic acids is 1. The molecule has 0 bridgehead atoms. The fourth-order valence-electron chi connectivity index (χ4n) is 5.56. The standard InChI is InChI=1S/C30H35FN4O/c1-22-27(20-24-10-3-2-4-11-24)30(33-29(32-22)25-12-7-13-26(31)21-25)35-18-16-34(17-19-35)28(36)15-14-23-8-5-6-9-23/h2-4,7,10-13,21,23H,5-6,8-9,14-20H2,1H3. The van der Waals surface area contributed by atoms with E-state index in [0.717, 1.165) is 48.9 Å². The maximum absolute atomic E-state index is 14.0. The number of benzene rings is 2. The number of nitrogens with zero attached hydrogens (tertiary/aromatic N) is 4. The molecule has 2 heterocycles. The average Bonchev–Trinajstić information content (AvgIpc) is 3.43. The highest BCUT2D eigenvalue weighted by atomic mass is 19.1. The number of amides is 1. The van der Waals surface area contributed by atoms with Crippen molar-refractivity contribution in [3.8, 4) is 11.4 Å². The summed E-state index contributed by atoms with van der Waals surface area (Å²) in [5.41, 5.74) is 3.86. The largest absolute Gasteiger partial charge is 0.353 e. The summed E-state index contributed by atoms with van der Waals surface area (Å²) in [5, 5.41) is 0. The van der Waals surface area contributed by atoms with Gasteiger partial charge in [-0.1, -0.05) is 68.1 Å². The lowest BCUT2D eigenvalue weighted by Crippen LogP contribution is -2.49. The minimum atomic E-state index is -0.298. The predicted molar refractivity (Wildman–Crippen MR) is 141 cm³/mol. The van der Waals surface area contributed by atoms with Crippen LogP contribution in [0.4, 0.5) is 10.2 Å². The van der Waals surface area contributed by atoms with E-state index in [4.69, 9.17) is 9.97 Å². The van der Waals surface area contributed by atoms with Crippen molar-refractivity contribution in [3.05, 3.63) is 77.2 Å². The Morgan fingerprint density at radius 1 is 0.972 bits per heavy atom. The quantitative estimate of drug-likeness (QED) is 0.423. The lowest BCUT2D eigenvalue weighted by Gasteiger charge is -2.37. The van der Waals surface area contributed by atoms with Crippen LogP contribution in [0.2, 0.25) is 0 Å². The van der Waals surface area contributed by atoms with E-state index < -0.39 is 0 Å². The molecule has 0 atom stereocenters. The van der Waals surface area contributed by atoms with Gasteiger partial charge >= 0.3 is 0 Å². The summed E-state index contributed by atoms with van der Waals surface area (Å²) < 4.78 is 14.0. The molecule has 3 aromatic rings. The van der Waals surface area contributed by atoms with Crippen molar-refractivity contribution in [1.82, 2.24) is 14.9 Å². The second kappa shape index (κ2) is 11.2. The van der Waals surface area contributed by atoms with Gasteiger partial charge in [0.15, 0.2) is 5.82 Å². The number of rotatable bonds is 7. The molecule has 0 unspecified atom stereocenters. The van der Waals surface area contributed by atoms with Crippen molar-refractivity contribution in [2.75, 3.05) is 31.1 Å². The van der Waals surface area contributed by atoms with E-state index in [2.05, 4.69) is 17.0 Å². The Morgan fingerprint density at radius 2 is 1.72 bits per heavy atom. The van der Waals surface area contributed by atoms with Crippen LogP contribution in [-0.2, 0) is 11.2 Å². The molecule has 0 spiro atoms. The Balaban J connectivity index is 1.36. The molecular weight excluding hydrogens is 451 g/mol. The summed E-state index contributed by atoms with van der Waals surface area (Å²) in [6.45, 7) is 4.88. The zero-order valence-electron chi connectivity index (χ0n) is 21.1. The second-order valence-electron chi connectivity index (χ2n) is 10.2. The van der Waals surface area contributed by atoms with Gasteiger partial charge in [0, 0.05) is 55.8 Å². The zero-order chi connectivity index (χ0) is 24.9. The minimum absolute atomic E-state index is 0.283. The van der Waals surface area contributed by atoms with Gasteiger partial charge in [0.05, 0.1) is 0 Å². The van der Waals surface area contributed by atoms with Gasteiger partial charge in [0.2, 0.25) is 5.91 Å². The van der Waals surface area contributed by atoms with Crippen LogP contribution >= 0.6 is 0 Å². The summed E-state index contributed by atoms with van der Waals surface area (Å²) in [6, 6.07) is 16.8. The molecule has 1 aliphatic carbocycles. The van der Waals surface area contributed by atoms with Crippen LogP contribution < -0.4 is 4.90 Å². The summed E-state index contributed by atoms with van der Waals surface area (Å²) in [4.78, 5) is 26.9. The summed E-state index contributed by atoms with van der Waals surface area (Å²) >= 11 is 0. The van der Waals surface area contributed by atoms with Crippen LogP contribution in [0.3, 0.4) is 0 Å². The topological polar surface area (TPSA) is 49.3 Å². The van der Waals surface area contributed by atoms with Gasteiger partial charge in [0.25, 0.3) is 0 Å². The molecule has 5 nitrogen and oxygen atoms in total. The van der Waals surface area contributed by atoms with Crippen LogP contribution in [0.25, 0.3) is 11.4 Å². The first-order valence-corrected chi connectivity index (χ1v) is 13.3. The van der Waals surface area contributed by atoms with E-state index in [-0.39, 0.29) is 11.7 Å². The molecule has 0 N–H and O–H groups in total. The van der Waals surface area contributed by atoms with Gasteiger partial charge < -0.3 is 9.80 Å². The van der Waals surface area contributed by atoms with E-state index >= 15 is 0 Å².